The maximum absolute atomic E-state index is 5.79. The van der Waals surface area contributed by atoms with Gasteiger partial charge in [-0.3, -0.25) is 4.98 Å². The van der Waals surface area contributed by atoms with E-state index in [2.05, 4.69) is 89.1 Å². The van der Waals surface area contributed by atoms with Gasteiger partial charge in [0.05, 0.1) is 16.9 Å². The van der Waals surface area contributed by atoms with Crippen molar-refractivity contribution >= 4 is 27.6 Å². The Balaban J connectivity index is 0.000000241. The van der Waals surface area contributed by atoms with E-state index < -0.39 is 0 Å². The van der Waals surface area contributed by atoms with Crippen LogP contribution in [-0.4, -0.2) is 14.5 Å². The summed E-state index contributed by atoms with van der Waals surface area (Å²) in [6.45, 7) is 6.10. The van der Waals surface area contributed by atoms with Gasteiger partial charge in [0.15, 0.2) is 0 Å². The standard InChI is InChI=1S/C30H21N2O.C11H8N.Ir/c1-20(2)23-14-17-29-25(18-23)26(19-33-29)30-31-27-10-6-7-11-28(27)32(30)24-15-12-22(13-16-24)21-8-4-3-5-9-21;1-2-6-10(7-3-1)11-8-4-5-9-12-11;/h3-18H,1H2,2H3;1-6,8-9H;/q2*-1;. The molecule has 225 valence electrons. The molecule has 0 atom stereocenters. The molecular weight excluding hydrogens is 743 g/mol. The summed E-state index contributed by atoms with van der Waals surface area (Å²) >= 11 is 0. The van der Waals surface area contributed by atoms with Crippen molar-refractivity contribution in [1.82, 2.24) is 14.5 Å². The van der Waals surface area contributed by atoms with Gasteiger partial charge in [-0.2, -0.15) is 0 Å². The number of nitrogens with zero attached hydrogens (tertiary/aromatic N) is 3. The van der Waals surface area contributed by atoms with Gasteiger partial charge in [0.2, 0.25) is 0 Å². The number of hydrogen-bond acceptors (Lipinski definition) is 3. The van der Waals surface area contributed by atoms with Crippen molar-refractivity contribution in [3.63, 3.8) is 0 Å². The molecule has 0 aliphatic heterocycles. The second-order valence-corrected chi connectivity index (χ2v) is 10.7. The van der Waals surface area contributed by atoms with E-state index in [0.717, 1.165) is 61.5 Å². The Morgan fingerprint density at radius 1 is 0.761 bits per heavy atom. The van der Waals surface area contributed by atoms with Crippen LogP contribution in [0.25, 0.3) is 67.0 Å². The predicted molar refractivity (Wildman–Crippen MR) is 184 cm³/mol. The summed E-state index contributed by atoms with van der Waals surface area (Å²) in [6.07, 6.45) is 4.90. The molecule has 46 heavy (non-hydrogen) atoms. The van der Waals surface area contributed by atoms with Crippen molar-refractivity contribution in [2.75, 3.05) is 0 Å². The molecule has 0 fully saturated rings. The second-order valence-electron chi connectivity index (χ2n) is 10.7. The van der Waals surface area contributed by atoms with E-state index in [4.69, 9.17) is 9.40 Å². The van der Waals surface area contributed by atoms with E-state index in [1.165, 1.54) is 11.1 Å². The van der Waals surface area contributed by atoms with Gasteiger partial charge in [0.1, 0.15) is 0 Å². The number of rotatable bonds is 5. The molecule has 0 amide bonds. The van der Waals surface area contributed by atoms with Crippen molar-refractivity contribution in [2.24, 2.45) is 0 Å². The summed E-state index contributed by atoms with van der Waals surface area (Å²) in [4.78, 5) is 9.20. The van der Waals surface area contributed by atoms with E-state index in [1.807, 2.05) is 85.8 Å². The van der Waals surface area contributed by atoms with Gasteiger partial charge in [-0.15, -0.1) is 35.9 Å². The fourth-order valence-corrected chi connectivity index (χ4v) is 5.37. The topological polar surface area (TPSA) is 43.9 Å². The van der Waals surface area contributed by atoms with E-state index >= 15 is 0 Å². The van der Waals surface area contributed by atoms with Gasteiger partial charge >= 0.3 is 0 Å². The predicted octanol–water partition coefficient (Wildman–Crippen LogP) is 10.5. The number of aromatic nitrogens is 3. The van der Waals surface area contributed by atoms with Gasteiger partial charge in [0, 0.05) is 43.8 Å². The minimum atomic E-state index is 0. The number of benzene rings is 5. The number of fused-ring (bicyclic) bond motifs is 2. The molecule has 3 heterocycles. The molecule has 1 radical (unpaired) electrons. The number of pyridine rings is 1. The summed E-state index contributed by atoms with van der Waals surface area (Å²) < 4.78 is 7.97. The molecule has 8 aromatic rings. The number of imidazole rings is 1. The summed E-state index contributed by atoms with van der Waals surface area (Å²) in [5.74, 6) is 0.807. The van der Waals surface area contributed by atoms with Crippen molar-refractivity contribution in [2.45, 2.75) is 6.92 Å². The Labute approximate surface area is 282 Å². The van der Waals surface area contributed by atoms with Crippen LogP contribution in [0.15, 0.2) is 157 Å². The Bertz CT molecular complexity index is 2180. The summed E-state index contributed by atoms with van der Waals surface area (Å²) in [5, 5.41) is 0.980. The van der Waals surface area contributed by atoms with Gasteiger partial charge in [-0.05, 0) is 59.6 Å². The maximum atomic E-state index is 5.79. The van der Waals surface area contributed by atoms with E-state index in [1.54, 1.807) is 6.20 Å². The van der Waals surface area contributed by atoms with Crippen LogP contribution in [0.1, 0.15) is 12.5 Å². The minimum absolute atomic E-state index is 0. The first-order chi connectivity index (χ1) is 22.2. The molecule has 5 heteroatoms. The molecule has 3 aromatic heterocycles. The zero-order chi connectivity index (χ0) is 30.6. The van der Waals surface area contributed by atoms with Crippen molar-refractivity contribution in [1.29, 1.82) is 0 Å². The second kappa shape index (κ2) is 13.7. The number of furan rings is 1. The SMILES string of the molecule is C=C(C)c1ccc2o[c-]c(-c3nc4ccccc4n3-c3ccc(-c4ccccc4)cc3)c2c1.[Ir].[c-]1ccccc1-c1ccccn1. The molecular formula is C41H29IrN3O-2. The third kappa shape index (κ3) is 6.25. The zero-order valence-corrected chi connectivity index (χ0v) is 27.5. The fourth-order valence-electron chi connectivity index (χ4n) is 5.37. The molecule has 0 bridgehead atoms. The molecule has 0 saturated heterocycles. The van der Waals surface area contributed by atoms with Gasteiger partial charge < -0.3 is 14.0 Å². The third-order valence-corrected chi connectivity index (χ3v) is 7.67. The van der Waals surface area contributed by atoms with Crippen molar-refractivity contribution < 1.29 is 24.5 Å². The summed E-state index contributed by atoms with van der Waals surface area (Å²) in [6, 6.07) is 50.1. The van der Waals surface area contributed by atoms with Crippen LogP contribution in [0.2, 0.25) is 0 Å². The van der Waals surface area contributed by atoms with Gasteiger partial charge in [0.25, 0.3) is 0 Å². The average molecular weight is 772 g/mol. The molecule has 0 aliphatic rings. The molecule has 0 unspecified atom stereocenters. The minimum Gasteiger partial charge on any atom is -0.557 e. The first-order valence-electron chi connectivity index (χ1n) is 14.8. The van der Waals surface area contributed by atoms with Crippen molar-refractivity contribution in [3.8, 4) is 39.5 Å². The zero-order valence-electron chi connectivity index (χ0n) is 25.1. The molecule has 0 aliphatic carbocycles. The average Bonchev–Trinajstić information content (AvgIpc) is 3.71. The van der Waals surface area contributed by atoms with Crippen LogP contribution < -0.4 is 0 Å². The largest absolute Gasteiger partial charge is 0.557 e. The Hall–Kier alpha value is -5.35. The molecule has 0 spiro atoms. The van der Waals surface area contributed by atoms with Crippen LogP contribution in [-0.2, 0) is 20.1 Å². The smallest absolute Gasteiger partial charge is 0.0774 e. The number of allylic oxidation sites excluding steroid dienone is 1. The van der Waals surface area contributed by atoms with Gasteiger partial charge in [-0.1, -0.05) is 108 Å². The summed E-state index contributed by atoms with van der Waals surface area (Å²) in [5.41, 5.74) is 11.1. The Kier molecular flexibility index (Phi) is 9.16. The van der Waals surface area contributed by atoms with Crippen LogP contribution >= 0.6 is 0 Å². The molecule has 5 aromatic carbocycles. The first kappa shape index (κ1) is 30.7. The number of para-hydroxylation sites is 2. The molecule has 0 N–H and O–H groups in total. The van der Waals surface area contributed by atoms with Crippen LogP contribution in [0.4, 0.5) is 0 Å². The van der Waals surface area contributed by atoms with Crippen LogP contribution in [0, 0.1) is 12.3 Å². The third-order valence-electron chi connectivity index (χ3n) is 7.67. The Morgan fingerprint density at radius 2 is 1.50 bits per heavy atom. The maximum Gasteiger partial charge on any atom is 0.0774 e. The number of hydrogen-bond donors (Lipinski definition) is 0. The van der Waals surface area contributed by atoms with Crippen LogP contribution in [0.5, 0.6) is 0 Å². The van der Waals surface area contributed by atoms with E-state index in [0.29, 0.717) is 0 Å². The monoisotopic (exact) mass is 772 g/mol. The van der Waals surface area contributed by atoms with Crippen molar-refractivity contribution in [3.05, 3.63) is 170 Å². The normalized spacial score (nSPS) is 10.6. The van der Waals surface area contributed by atoms with Gasteiger partial charge in [-0.25, -0.2) is 0 Å². The van der Waals surface area contributed by atoms with E-state index in [9.17, 15) is 0 Å². The molecule has 4 nitrogen and oxygen atoms in total. The molecule has 0 saturated carbocycles. The fraction of sp³-hybridized carbons (Fsp3) is 0.0244. The first-order valence-corrected chi connectivity index (χ1v) is 14.8. The van der Waals surface area contributed by atoms with Crippen LogP contribution in [0.3, 0.4) is 0 Å². The summed E-state index contributed by atoms with van der Waals surface area (Å²) in [7, 11) is 0. The van der Waals surface area contributed by atoms with E-state index in [-0.39, 0.29) is 20.1 Å². The quantitative estimate of drug-likeness (QED) is 0.164. The molecule has 8 rings (SSSR count). The Morgan fingerprint density at radius 3 is 2.24 bits per heavy atom.